The minimum Gasteiger partial charge on any atom is -0.481 e. The highest BCUT2D eigenvalue weighted by atomic mass is 35.5. The van der Waals surface area contributed by atoms with Crippen LogP contribution in [0, 0.1) is 11.3 Å². The maximum atomic E-state index is 12.0. The second-order valence-corrected chi connectivity index (χ2v) is 4.68. The van der Waals surface area contributed by atoms with Gasteiger partial charge in [-0.25, -0.2) is 4.98 Å². The van der Waals surface area contributed by atoms with E-state index in [1.165, 1.54) is 6.20 Å². The van der Waals surface area contributed by atoms with Gasteiger partial charge in [-0.2, -0.15) is 5.26 Å². The molecule has 1 heterocycles. The average Bonchev–Trinajstić information content (AvgIpc) is 2.50. The van der Waals surface area contributed by atoms with E-state index in [0.717, 1.165) is 0 Å². The van der Waals surface area contributed by atoms with E-state index in [1.807, 2.05) is 6.07 Å². The van der Waals surface area contributed by atoms with Gasteiger partial charge < -0.3 is 10.1 Å². The fraction of sp³-hybridized carbons (Fsp3) is 0.133. The molecule has 21 heavy (non-hydrogen) atoms. The largest absolute Gasteiger partial charge is 0.481 e. The number of ether oxygens (including phenoxy) is 1. The third kappa shape index (κ3) is 4.20. The molecule has 2 aromatic rings. The van der Waals surface area contributed by atoms with E-state index in [9.17, 15) is 4.79 Å². The lowest BCUT2D eigenvalue weighted by atomic mass is 10.2. The number of benzene rings is 1. The average molecular weight is 302 g/mol. The molecule has 0 saturated heterocycles. The van der Waals surface area contributed by atoms with Crippen molar-refractivity contribution in [3.05, 3.63) is 53.2 Å². The smallest absolute Gasteiger partial charge is 0.266 e. The molecular formula is C15H12ClN3O2. The van der Waals surface area contributed by atoms with Gasteiger partial charge in [0.05, 0.1) is 16.7 Å². The lowest BCUT2D eigenvalue weighted by molar-refractivity contribution is -0.122. The zero-order chi connectivity index (χ0) is 15.2. The summed E-state index contributed by atoms with van der Waals surface area (Å²) in [5.41, 5.74) is 0.532. The number of nitrogens with one attached hydrogen (secondary N) is 1. The number of carbonyl (C=O) groups excluding carboxylic acids is 1. The molecule has 0 fully saturated rings. The lowest BCUT2D eigenvalue weighted by Gasteiger charge is -2.14. The van der Waals surface area contributed by atoms with Crippen LogP contribution in [0.3, 0.4) is 0 Å². The minimum atomic E-state index is -0.699. The number of pyridine rings is 1. The Morgan fingerprint density at radius 3 is 2.62 bits per heavy atom. The van der Waals surface area contributed by atoms with Crippen LogP contribution in [-0.2, 0) is 4.79 Å². The Kier molecular flexibility index (Phi) is 4.75. The molecule has 0 bridgehead atoms. The van der Waals surface area contributed by atoms with Gasteiger partial charge in [0.1, 0.15) is 11.6 Å². The van der Waals surface area contributed by atoms with Crippen LogP contribution in [0.15, 0.2) is 42.6 Å². The summed E-state index contributed by atoms with van der Waals surface area (Å²) in [5, 5.41) is 11.8. The zero-order valence-corrected chi connectivity index (χ0v) is 12.0. The summed E-state index contributed by atoms with van der Waals surface area (Å²) in [5.74, 6) is 0.592. The molecule has 6 heteroatoms. The van der Waals surface area contributed by atoms with Gasteiger partial charge >= 0.3 is 0 Å². The van der Waals surface area contributed by atoms with Gasteiger partial charge in [0.15, 0.2) is 6.10 Å². The Labute approximate surface area is 127 Å². The summed E-state index contributed by atoms with van der Waals surface area (Å²) in [6.07, 6.45) is 0.749. The number of hydrogen-bond acceptors (Lipinski definition) is 4. The van der Waals surface area contributed by atoms with E-state index in [4.69, 9.17) is 21.6 Å². The quantitative estimate of drug-likeness (QED) is 0.942. The number of hydrogen-bond donors (Lipinski definition) is 1. The second-order valence-electron chi connectivity index (χ2n) is 4.25. The van der Waals surface area contributed by atoms with E-state index < -0.39 is 6.10 Å². The van der Waals surface area contributed by atoms with E-state index in [1.54, 1.807) is 43.3 Å². The number of anilines is 1. The second kappa shape index (κ2) is 6.73. The summed E-state index contributed by atoms with van der Waals surface area (Å²) < 4.78 is 5.50. The van der Waals surface area contributed by atoms with Gasteiger partial charge in [0.25, 0.3) is 5.91 Å². The van der Waals surface area contributed by atoms with Crippen molar-refractivity contribution in [2.45, 2.75) is 13.0 Å². The monoisotopic (exact) mass is 301 g/mol. The highest BCUT2D eigenvalue weighted by Gasteiger charge is 2.15. The third-order valence-electron chi connectivity index (χ3n) is 2.64. The van der Waals surface area contributed by atoms with Gasteiger partial charge in [-0.1, -0.05) is 11.6 Å². The number of rotatable bonds is 4. The Hall–Kier alpha value is -2.58. The van der Waals surface area contributed by atoms with E-state index in [0.29, 0.717) is 22.2 Å². The summed E-state index contributed by atoms with van der Waals surface area (Å²) in [7, 11) is 0. The first-order chi connectivity index (χ1) is 10.1. The van der Waals surface area contributed by atoms with Crippen LogP contribution in [0.4, 0.5) is 5.82 Å². The van der Waals surface area contributed by atoms with Crippen molar-refractivity contribution in [1.82, 2.24) is 4.98 Å². The molecule has 5 nitrogen and oxygen atoms in total. The van der Waals surface area contributed by atoms with Crippen molar-refractivity contribution < 1.29 is 9.53 Å². The minimum absolute atomic E-state index is 0.325. The fourth-order valence-electron chi connectivity index (χ4n) is 1.54. The van der Waals surface area contributed by atoms with Gasteiger partial charge in [0.2, 0.25) is 0 Å². The number of carbonyl (C=O) groups is 1. The van der Waals surface area contributed by atoms with Crippen molar-refractivity contribution in [2.24, 2.45) is 0 Å². The van der Waals surface area contributed by atoms with Crippen molar-refractivity contribution >= 4 is 23.3 Å². The molecule has 2 rings (SSSR count). The highest BCUT2D eigenvalue weighted by molar-refractivity contribution is 6.30. The molecule has 1 atom stereocenters. The Bertz CT molecular complexity index is 663. The Morgan fingerprint density at radius 1 is 1.33 bits per heavy atom. The highest BCUT2D eigenvalue weighted by Crippen LogP contribution is 2.15. The SMILES string of the molecule is CC(Oc1ccc(C#N)cc1)C(=O)Nc1ccc(Cl)cn1. The fourth-order valence-corrected chi connectivity index (χ4v) is 1.66. The molecule has 1 amide bonds. The van der Waals surface area contributed by atoms with E-state index >= 15 is 0 Å². The number of aromatic nitrogens is 1. The predicted molar refractivity (Wildman–Crippen MR) is 79.1 cm³/mol. The van der Waals surface area contributed by atoms with Crippen LogP contribution in [0.5, 0.6) is 5.75 Å². The molecule has 1 N–H and O–H groups in total. The molecular weight excluding hydrogens is 290 g/mol. The molecule has 1 aromatic carbocycles. The maximum Gasteiger partial charge on any atom is 0.266 e. The molecule has 0 aliphatic heterocycles. The molecule has 1 unspecified atom stereocenters. The molecule has 0 saturated carbocycles. The van der Waals surface area contributed by atoms with Crippen LogP contribution in [0.1, 0.15) is 12.5 Å². The van der Waals surface area contributed by atoms with Gasteiger partial charge in [-0.05, 0) is 43.3 Å². The van der Waals surface area contributed by atoms with E-state index in [-0.39, 0.29) is 5.91 Å². The maximum absolute atomic E-state index is 12.0. The Balaban J connectivity index is 1.95. The van der Waals surface area contributed by atoms with Crippen LogP contribution in [-0.4, -0.2) is 17.0 Å². The summed E-state index contributed by atoms with van der Waals surface area (Å²) in [4.78, 5) is 15.9. The van der Waals surface area contributed by atoms with Gasteiger partial charge in [-0.15, -0.1) is 0 Å². The van der Waals surface area contributed by atoms with Crippen molar-refractivity contribution in [1.29, 1.82) is 5.26 Å². The van der Waals surface area contributed by atoms with E-state index in [2.05, 4.69) is 10.3 Å². The van der Waals surface area contributed by atoms with Crippen molar-refractivity contribution in [3.63, 3.8) is 0 Å². The summed E-state index contributed by atoms with van der Waals surface area (Å²) in [6, 6.07) is 11.8. The van der Waals surface area contributed by atoms with Crippen molar-refractivity contribution in [3.8, 4) is 11.8 Å². The number of nitriles is 1. The van der Waals surface area contributed by atoms with Crippen LogP contribution in [0.2, 0.25) is 5.02 Å². The first-order valence-corrected chi connectivity index (χ1v) is 6.55. The number of nitrogens with zero attached hydrogens (tertiary/aromatic N) is 2. The summed E-state index contributed by atoms with van der Waals surface area (Å²) >= 11 is 5.72. The first-order valence-electron chi connectivity index (χ1n) is 6.18. The molecule has 1 aromatic heterocycles. The lowest BCUT2D eigenvalue weighted by Crippen LogP contribution is -2.30. The standard InChI is InChI=1S/C15H12ClN3O2/c1-10(21-13-5-2-11(8-17)3-6-13)15(20)19-14-7-4-12(16)9-18-14/h2-7,9-10H,1H3,(H,18,19,20). The van der Waals surface area contributed by atoms with Gasteiger partial charge in [-0.3, -0.25) is 4.79 Å². The molecule has 0 radical (unpaired) electrons. The Morgan fingerprint density at radius 2 is 2.05 bits per heavy atom. The number of halogens is 1. The van der Waals surface area contributed by atoms with Gasteiger partial charge in [0, 0.05) is 6.20 Å². The summed E-state index contributed by atoms with van der Waals surface area (Å²) in [6.45, 7) is 1.63. The topological polar surface area (TPSA) is 75.0 Å². The van der Waals surface area contributed by atoms with Crippen LogP contribution < -0.4 is 10.1 Å². The van der Waals surface area contributed by atoms with Crippen molar-refractivity contribution in [2.75, 3.05) is 5.32 Å². The molecule has 0 aliphatic carbocycles. The van der Waals surface area contributed by atoms with Crippen LogP contribution >= 0.6 is 11.6 Å². The normalized spacial score (nSPS) is 11.3. The third-order valence-corrected chi connectivity index (χ3v) is 2.87. The molecule has 106 valence electrons. The van der Waals surface area contributed by atoms with Crippen LogP contribution in [0.25, 0.3) is 0 Å². The first kappa shape index (κ1) is 14.8. The predicted octanol–water partition coefficient (Wildman–Crippen LogP) is 3.01. The molecule has 0 spiro atoms. The zero-order valence-electron chi connectivity index (χ0n) is 11.2. The molecule has 0 aliphatic rings. The number of amides is 1.